The average Bonchev–Trinajstić information content (AvgIpc) is 2.38. The minimum atomic E-state index is -0.220. The number of piperidine rings is 1. The van der Waals surface area contributed by atoms with Gasteiger partial charge in [0.05, 0.1) is 11.9 Å². The van der Waals surface area contributed by atoms with Gasteiger partial charge in [0.2, 0.25) is 0 Å². The van der Waals surface area contributed by atoms with Crippen molar-refractivity contribution < 1.29 is 4.39 Å². The molecule has 0 saturated carbocycles. The Labute approximate surface area is 105 Å². The molecule has 3 nitrogen and oxygen atoms in total. The molecule has 1 aromatic heterocycles. The molecule has 2 N–H and O–H groups in total. The quantitative estimate of drug-likeness (QED) is 0.838. The van der Waals surface area contributed by atoms with Gasteiger partial charge in [-0.3, -0.25) is 4.98 Å². The Hall–Kier alpha value is -1.68. The van der Waals surface area contributed by atoms with Crippen LogP contribution in [0.5, 0.6) is 0 Å². The van der Waals surface area contributed by atoms with Crippen molar-refractivity contribution in [2.45, 2.75) is 18.9 Å². The van der Waals surface area contributed by atoms with Gasteiger partial charge in [0.1, 0.15) is 5.82 Å². The van der Waals surface area contributed by atoms with Crippen LogP contribution in [0.2, 0.25) is 0 Å². The van der Waals surface area contributed by atoms with E-state index in [-0.39, 0.29) is 5.82 Å². The van der Waals surface area contributed by atoms with Crippen molar-refractivity contribution in [3.8, 4) is 0 Å². The molecule has 2 heterocycles. The molecule has 4 heteroatoms. The molecule has 0 radical (unpaired) electrons. The molecule has 0 aliphatic carbocycles. The van der Waals surface area contributed by atoms with Crippen molar-refractivity contribution >= 4 is 16.5 Å². The Kier molecular flexibility index (Phi) is 2.88. The third-order valence-electron chi connectivity index (χ3n) is 3.58. The van der Waals surface area contributed by atoms with Crippen molar-refractivity contribution in [1.29, 1.82) is 0 Å². The molecule has 3 rings (SSSR count). The zero-order valence-electron chi connectivity index (χ0n) is 10.1. The fourth-order valence-electron chi connectivity index (χ4n) is 2.52. The molecule has 0 atom stereocenters. The third-order valence-corrected chi connectivity index (χ3v) is 3.58. The Bertz CT molecular complexity index is 562. The third kappa shape index (κ3) is 2.04. The highest BCUT2D eigenvalue weighted by Gasteiger charge is 2.18. The van der Waals surface area contributed by atoms with Gasteiger partial charge in [0.15, 0.2) is 0 Å². The molecular weight excluding hydrogens is 229 g/mol. The lowest BCUT2D eigenvalue weighted by Crippen LogP contribution is -2.39. The van der Waals surface area contributed by atoms with E-state index in [0.717, 1.165) is 42.4 Å². The summed E-state index contributed by atoms with van der Waals surface area (Å²) in [5.74, 6) is -0.220. The lowest BCUT2D eigenvalue weighted by Gasteiger charge is -2.32. The summed E-state index contributed by atoms with van der Waals surface area (Å²) in [5.41, 5.74) is 7.00. The van der Waals surface area contributed by atoms with Gasteiger partial charge < -0.3 is 10.6 Å². The predicted molar refractivity (Wildman–Crippen MR) is 71.1 cm³/mol. The van der Waals surface area contributed by atoms with Crippen LogP contribution in [0.3, 0.4) is 0 Å². The van der Waals surface area contributed by atoms with E-state index in [1.165, 1.54) is 12.1 Å². The van der Waals surface area contributed by atoms with Gasteiger partial charge in [0, 0.05) is 36.1 Å². The van der Waals surface area contributed by atoms with Crippen molar-refractivity contribution in [3.63, 3.8) is 0 Å². The molecule has 0 unspecified atom stereocenters. The Balaban J connectivity index is 2.01. The van der Waals surface area contributed by atoms with Crippen LogP contribution in [0.4, 0.5) is 10.1 Å². The molecule has 2 aromatic rings. The first kappa shape index (κ1) is 11.4. The van der Waals surface area contributed by atoms with Crippen LogP contribution in [0.25, 0.3) is 10.8 Å². The number of rotatable bonds is 1. The average molecular weight is 245 g/mol. The van der Waals surface area contributed by atoms with Crippen LogP contribution in [-0.4, -0.2) is 24.1 Å². The highest BCUT2D eigenvalue weighted by Crippen LogP contribution is 2.28. The number of pyridine rings is 1. The van der Waals surface area contributed by atoms with Gasteiger partial charge in [-0.15, -0.1) is 0 Å². The topological polar surface area (TPSA) is 42.1 Å². The normalized spacial score (nSPS) is 17.3. The molecule has 1 aromatic carbocycles. The number of fused-ring (bicyclic) bond motifs is 1. The van der Waals surface area contributed by atoms with Crippen molar-refractivity contribution in [1.82, 2.24) is 4.98 Å². The van der Waals surface area contributed by atoms with E-state index >= 15 is 0 Å². The summed E-state index contributed by atoms with van der Waals surface area (Å²) >= 11 is 0. The van der Waals surface area contributed by atoms with Crippen LogP contribution in [0.15, 0.2) is 30.6 Å². The number of halogens is 1. The fourth-order valence-corrected chi connectivity index (χ4v) is 2.52. The number of nitrogens with zero attached hydrogens (tertiary/aromatic N) is 2. The lowest BCUT2D eigenvalue weighted by atomic mass is 10.0. The molecule has 94 valence electrons. The maximum Gasteiger partial charge on any atom is 0.123 e. The van der Waals surface area contributed by atoms with E-state index in [4.69, 9.17) is 5.73 Å². The minimum Gasteiger partial charge on any atom is -0.370 e. The summed E-state index contributed by atoms with van der Waals surface area (Å²) in [6, 6.07) is 5.17. The summed E-state index contributed by atoms with van der Waals surface area (Å²) in [7, 11) is 0. The van der Waals surface area contributed by atoms with E-state index in [9.17, 15) is 4.39 Å². The Morgan fingerprint density at radius 1 is 1.22 bits per heavy atom. The highest BCUT2D eigenvalue weighted by molar-refractivity contribution is 5.93. The Morgan fingerprint density at radius 3 is 2.78 bits per heavy atom. The van der Waals surface area contributed by atoms with Crippen LogP contribution in [-0.2, 0) is 0 Å². The van der Waals surface area contributed by atoms with Gasteiger partial charge in [-0.25, -0.2) is 4.39 Å². The van der Waals surface area contributed by atoms with E-state index in [2.05, 4.69) is 9.88 Å². The molecule has 0 bridgehead atoms. The molecule has 1 aliphatic heterocycles. The van der Waals surface area contributed by atoms with E-state index in [0.29, 0.717) is 6.04 Å². The Morgan fingerprint density at radius 2 is 2.00 bits per heavy atom. The van der Waals surface area contributed by atoms with E-state index in [1.807, 2.05) is 12.3 Å². The van der Waals surface area contributed by atoms with Crippen LogP contribution in [0.1, 0.15) is 12.8 Å². The summed E-state index contributed by atoms with van der Waals surface area (Å²) < 4.78 is 13.2. The number of hydrogen-bond donors (Lipinski definition) is 1. The molecule has 0 amide bonds. The second-order valence-corrected chi connectivity index (χ2v) is 4.85. The molecule has 1 saturated heterocycles. The summed E-state index contributed by atoms with van der Waals surface area (Å²) in [6.45, 7) is 1.89. The zero-order chi connectivity index (χ0) is 12.5. The first-order valence-electron chi connectivity index (χ1n) is 6.28. The van der Waals surface area contributed by atoms with Crippen LogP contribution < -0.4 is 10.6 Å². The van der Waals surface area contributed by atoms with Crippen molar-refractivity contribution in [2.24, 2.45) is 5.73 Å². The second-order valence-electron chi connectivity index (χ2n) is 4.85. The SMILES string of the molecule is NC1CCN(c2cncc3cc(F)ccc23)CC1. The van der Waals surface area contributed by atoms with Crippen LogP contribution >= 0.6 is 0 Å². The highest BCUT2D eigenvalue weighted by atomic mass is 19.1. The largest absolute Gasteiger partial charge is 0.370 e. The van der Waals surface area contributed by atoms with Gasteiger partial charge in [-0.05, 0) is 31.0 Å². The molecular formula is C14H16FN3. The zero-order valence-corrected chi connectivity index (χ0v) is 10.1. The summed E-state index contributed by atoms with van der Waals surface area (Å²) in [6.07, 6.45) is 5.56. The molecule has 18 heavy (non-hydrogen) atoms. The number of benzene rings is 1. The van der Waals surface area contributed by atoms with Gasteiger partial charge in [-0.2, -0.15) is 0 Å². The number of aromatic nitrogens is 1. The van der Waals surface area contributed by atoms with E-state index < -0.39 is 0 Å². The van der Waals surface area contributed by atoms with Crippen molar-refractivity contribution in [3.05, 3.63) is 36.4 Å². The minimum absolute atomic E-state index is 0.220. The second kappa shape index (κ2) is 4.53. The maximum absolute atomic E-state index is 13.2. The maximum atomic E-state index is 13.2. The van der Waals surface area contributed by atoms with Crippen molar-refractivity contribution in [2.75, 3.05) is 18.0 Å². The monoisotopic (exact) mass is 245 g/mol. The molecule has 0 spiro atoms. The van der Waals surface area contributed by atoms with Crippen LogP contribution in [0, 0.1) is 5.82 Å². The van der Waals surface area contributed by atoms with Gasteiger partial charge in [-0.1, -0.05) is 0 Å². The molecule has 1 fully saturated rings. The number of nitrogens with two attached hydrogens (primary N) is 1. The molecule has 1 aliphatic rings. The fraction of sp³-hybridized carbons (Fsp3) is 0.357. The lowest BCUT2D eigenvalue weighted by molar-refractivity contribution is 0.502. The summed E-state index contributed by atoms with van der Waals surface area (Å²) in [5, 5.41) is 1.91. The number of anilines is 1. The first-order chi connectivity index (χ1) is 8.74. The standard InChI is InChI=1S/C14H16FN3/c15-11-1-2-13-10(7-11)8-17-9-14(13)18-5-3-12(16)4-6-18/h1-2,7-9,12H,3-6,16H2. The van der Waals surface area contributed by atoms with Gasteiger partial charge in [0.25, 0.3) is 0 Å². The summed E-state index contributed by atoms with van der Waals surface area (Å²) in [4.78, 5) is 6.50. The number of hydrogen-bond acceptors (Lipinski definition) is 3. The predicted octanol–water partition coefficient (Wildman–Crippen LogP) is 2.30. The van der Waals surface area contributed by atoms with E-state index in [1.54, 1.807) is 6.20 Å². The van der Waals surface area contributed by atoms with Gasteiger partial charge >= 0.3 is 0 Å². The smallest absolute Gasteiger partial charge is 0.123 e. The first-order valence-corrected chi connectivity index (χ1v) is 6.28.